The van der Waals surface area contributed by atoms with Crippen LogP contribution in [0.3, 0.4) is 0 Å². The SMILES string of the molecule is CCNC(=NCc1ccc(C)cc1OC)NCC(C)(C)CCS(C)(=O)=O. The Morgan fingerprint density at radius 2 is 1.96 bits per heavy atom. The summed E-state index contributed by atoms with van der Waals surface area (Å²) in [5.41, 5.74) is 2.01. The van der Waals surface area contributed by atoms with Gasteiger partial charge in [-0.2, -0.15) is 0 Å². The first-order valence-electron chi connectivity index (χ1n) is 8.90. The molecule has 7 heteroatoms. The molecule has 0 unspecified atom stereocenters. The molecule has 0 radical (unpaired) electrons. The van der Waals surface area contributed by atoms with Crippen molar-refractivity contribution in [3.8, 4) is 5.75 Å². The summed E-state index contributed by atoms with van der Waals surface area (Å²) >= 11 is 0. The molecular weight excluding hydrogens is 350 g/mol. The van der Waals surface area contributed by atoms with Gasteiger partial charge in [-0.3, -0.25) is 0 Å². The third-order valence-electron chi connectivity index (χ3n) is 4.08. The Balaban J connectivity index is 2.75. The van der Waals surface area contributed by atoms with Gasteiger partial charge in [0, 0.05) is 24.9 Å². The lowest BCUT2D eigenvalue weighted by Gasteiger charge is -2.25. The lowest BCUT2D eigenvalue weighted by Crippen LogP contribution is -2.42. The van der Waals surface area contributed by atoms with Crippen LogP contribution < -0.4 is 15.4 Å². The Labute approximate surface area is 158 Å². The van der Waals surface area contributed by atoms with Crippen molar-refractivity contribution in [2.24, 2.45) is 10.4 Å². The van der Waals surface area contributed by atoms with Crippen LogP contribution in [0.4, 0.5) is 0 Å². The number of nitrogens with zero attached hydrogens (tertiary/aromatic N) is 1. The van der Waals surface area contributed by atoms with Gasteiger partial charge in [0.1, 0.15) is 15.6 Å². The maximum absolute atomic E-state index is 11.4. The maximum Gasteiger partial charge on any atom is 0.191 e. The number of aryl methyl sites for hydroxylation is 1. The molecule has 0 aromatic heterocycles. The highest BCUT2D eigenvalue weighted by molar-refractivity contribution is 7.90. The average Bonchev–Trinajstić information content (AvgIpc) is 2.56. The molecule has 0 saturated heterocycles. The van der Waals surface area contributed by atoms with E-state index in [1.165, 1.54) is 6.26 Å². The van der Waals surface area contributed by atoms with Crippen LogP contribution in [-0.2, 0) is 16.4 Å². The summed E-state index contributed by atoms with van der Waals surface area (Å²) in [6.45, 7) is 10.0. The molecule has 148 valence electrons. The first-order valence-corrected chi connectivity index (χ1v) is 11.0. The lowest BCUT2D eigenvalue weighted by molar-refractivity contribution is 0.348. The molecule has 0 spiro atoms. The minimum Gasteiger partial charge on any atom is -0.496 e. The van der Waals surface area contributed by atoms with E-state index in [0.717, 1.165) is 23.4 Å². The largest absolute Gasteiger partial charge is 0.496 e. The Morgan fingerprint density at radius 1 is 1.27 bits per heavy atom. The highest BCUT2D eigenvalue weighted by Gasteiger charge is 2.20. The van der Waals surface area contributed by atoms with E-state index >= 15 is 0 Å². The number of nitrogens with one attached hydrogen (secondary N) is 2. The van der Waals surface area contributed by atoms with E-state index in [0.29, 0.717) is 25.5 Å². The fourth-order valence-corrected chi connectivity index (χ4v) is 3.28. The van der Waals surface area contributed by atoms with E-state index < -0.39 is 9.84 Å². The van der Waals surface area contributed by atoms with Gasteiger partial charge in [0.2, 0.25) is 0 Å². The molecule has 0 aliphatic carbocycles. The van der Waals surface area contributed by atoms with Crippen LogP contribution in [-0.4, -0.2) is 46.6 Å². The number of ether oxygens (including phenoxy) is 1. The summed E-state index contributed by atoms with van der Waals surface area (Å²) in [6.07, 6.45) is 1.88. The van der Waals surface area contributed by atoms with E-state index in [9.17, 15) is 8.42 Å². The Morgan fingerprint density at radius 3 is 2.54 bits per heavy atom. The molecule has 0 aliphatic rings. The normalized spacial score (nSPS) is 12.8. The molecular formula is C19H33N3O3S. The van der Waals surface area contributed by atoms with Crippen molar-refractivity contribution in [2.45, 2.75) is 40.7 Å². The van der Waals surface area contributed by atoms with Crippen molar-refractivity contribution in [3.05, 3.63) is 29.3 Å². The molecule has 0 bridgehead atoms. The smallest absolute Gasteiger partial charge is 0.191 e. The molecule has 0 saturated carbocycles. The molecule has 0 heterocycles. The van der Waals surface area contributed by atoms with Gasteiger partial charge >= 0.3 is 0 Å². The molecule has 0 atom stereocenters. The van der Waals surface area contributed by atoms with Crippen molar-refractivity contribution in [1.29, 1.82) is 0 Å². The zero-order valence-corrected chi connectivity index (χ0v) is 17.7. The predicted octanol–water partition coefficient (Wildman–Crippen LogP) is 2.52. The van der Waals surface area contributed by atoms with Crippen LogP contribution in [0.25, 0.3) is 0 Å². The summed E-state index contributed by atoms with van der Waals surface area (Å²) in [5, 5.41) is 6.55. The van der Waals surface area contributed by atoms with E-state index in [2.05, 4.69) is 29.5 Å². The summed E-state index contributed by atoms with van der Waals surface area (Å²) < 4.78 is 28.2. The fourth-order valence-electron chi connectivity index (χ4n) is 2.36. The third-order valence-corrected chi connectivity index (χ3v) is 5.02. The van der Waals surface area contributed by atoms with E-state index in [1.54, 1.807) is 7.11 Å². The average molecular weight is 384 g/mol. The van der Waals surface area contributed by atoms with Crippen molar-refractivity contribution < 1.29 is 13.2 Å². The van der Waals surface area contributed by atoms with Gasteiger partial charge in [0.05, 0.1) is 19.4 Å². The monoisotopic (exact) mass is 383 g/mol. The van der Waals surface area contributed by atoms with Crippen LogP contribution in [0.15, 0.2) is 23.2 Å². The van der Waals surface area contributed by atoms with Crippen molar-refractivity contribution in [1.82, 2.24) is 10.6 Å². The van der Waals surface area contributed by atoms with Crippen molar-refractivity contribution in [3.63, 3.8) is 0 Å². The van der Waals surface area contributed by atoms with Crippen LogP contribution in [0.5, 0.6) is 5.75 Å². The first kappa shape index (κ1) is 22.3. The van der Waals surface area contributed by atoms with E-state index in [-0.39, 0.29) is 11.2 Å². The minimum absolute atomic E-state index is 0.152. The number of methoxy groups -OCH3 is 1. The second kappa shape index (κ2) is 9.80. The molecule has 6 nitrogen and oxygen atoms in total. The van der Waals surface area contributed by atoms with E-state index in [4.69, 9.17) is 4.74 Å². The van der Waals surface area contributed by atoms with Crippen LogP contribution in [0.2, 0.25) is 0 Å². The van der Waals surface area contributed by atoms with Gasteiger partial charge in [-0.25, -0.2) is 13.4 Å². The number of hydrogen-bond acceptors (Lipinski definition) is 4. The van der Waals surface area contributed by atoms with Crippen LogP contribution >= 0.6 is 0 Å². The Hall–Kier alpha value is -1.76. The van der Waals surface area contributed by atoms with Crippen LogP contribution in [0, 0.1) is 12.3 Å². The standard InChI is InChI=1S/C19H33N3O3S/c1-7-20-18(22-14-19(3,4)10-11-26(6,23)24)21-13-16-9-8-15(2)12-17(16)25-5/h8-9,12H,7,10-11,13-14H2,1-6H3,(H2,20,21,22). The third kappa shape index (κ3) is 8.56. The summed E-state index contributed by atoms with van der Waals surface area (Å²) in [7, 11) is -1.29. The zero-order valence-electron chi connectivity index (χ0n) is 16.8. The topological polar surface area (TPSA) is 79.8 Å². The number of sulfone groups is 1. The first-order chi connectivity index (χ1) is 12.1. The molecule has 26 heavy (non-hydrogen) atoms. The second-order valence-electron chi connectivity index (χ2n) is 7.41. The highest BCUT2D eigenvalue weighted by Crippen LogP contribution is 2.21. The zero-order chi connectivity index (χ0) is 19.8. The van der Waals surface area contributed by atoms with Gasteiger partial charge in [-0.05, 0) is 37.3 Å². The van der Waals surface area contributed by atoms with Gasteiger partial charge in [-0.1, -0.05) is 26.0 Å². The molecule has 0 aliphatic heterocycles. The Bertz CT molecular complexity index is 713. The van der Waals surface area contributed by atoms with Gasteiger partial charge in [0.15, 0.2) is 5.96 Å². The Kier molecular flexibility index (Phi) is 8.40. The van der Waals surface area contributed by atoms with Gasteiger partial charge in [-0.15, -0.1) is 0 Å². The van der Waals surface area contributed by atoms with Gasteiger partial charge in [0.25, 0.3) is 0 Å². The molecule has 2 N–H and O–H groups in total. The number of rotatable bonds is 9. The minimum atomic E-state index is -2.95. The molecule has 1 rings (SSSR count). The van der Waals surface area contributed by atoms with Crippen molar-refractivity contribution in [2.75, 3.05) is 32.2 Å². The van der Waals surface area contributed by atoms with Gasteiger partial charge < -0.3 is 15.4 Å². The van der Waals surface area contributed by atoms with Crippen molar-refractivity contribution >= 4 is 15.8 Å². The predicted molar refractivity (Wildman–Crippen MR) is 109 cm³/mol. The lowest BCUT2D eigenvalue weighted by atomic mass is 9.90. The summed E-state index contributed by atoms with van der Waals surface area (Å²) in [4.78, 5) is 4.63. The molecule has 1 aromatic carbocycles. The van der Waals surface area contributed by atoms with Crippen LogP contribution in [0.1, 0.15) is 38.3 Å². The number of hydrogen-bond donors (Lipinski definition) is 2. The number of aliphatic imine (C=N–C) groups is 1. The highest BCUT2D eigenvalue weighted by atomic mass is 32.2. The summed E-state index contributed by atoms with van der Waals surface area (Å²) in [5.74, 6) is 1.73. The van der Waals surface area contributed by atoms with E-state index in [1.807, 2.05) is 32.0 Å². The number of guanidine groups is 1. The quantitative estimate of drug-likeness (QED) is 0.506. The second-order valence-corrected chi connectivity index (χ2v) is 9.67. The fraction of sp³-hybridized carbons (Fsp3) is 0.632. The maximum atomic E-state index is 11.4. The summed E-state index contributed by atoms with van der Waals surface area (Å²) in [6, 6.07) is 6.07. The number of benzene rings is 1. The molecule has 0 fully saturated rings. The molecule has 1 aromatic rings. The molecule has 0 amide bonds.